The molecule has 1 nitrogen and oxygen atoms in total. The second-order valence-electron chi connectivity index (χ2n) is 5.21. The van der Waals surface area contributed by atoms with E-state index in [-0.39, 0.29) is 0 Å². The summed E-state index contributed by atoms with van der Waals surface area (Å²) in [5.74, 6) is 0.983. The number of rotatable bonds is 6. The van der Waals surface area contributed by atoms with Gasteiger partial charge in [-0.15, -0.1) is 11.8 Å². The lowest BCUT2D eigenvalue weighted by Gasteiger charge is -2.05. The fraction of sp³-hybridized carbons (Fsp3) is 0.294. The average Bonchev–Trinajstić information content (AvgIpc) is 3.30. The zero-order valence-corrected chi connectivity index (χ0v) is 12.9. The molecule has 0 amide bonds. The van der Waals surface area contributed by atoms with Crippen molar-refractivity contribution >= 4 is 23.4 Å². The molecule has 2 aromatic carbocycles. The predicted octanol–water partition coefficient (Wildman–Crippen LogP) is 4.88. The van der Waals surface area contributed by atoms with E-state index < -0.39 is 0 Å². The van der Waals surface area contributed by atoms with Gasteiger partial charge in [-0.1, -0.05) is 35.9 Å². The van der Waals surface area contributed by atoms with Crippen molar-refractivity contribution in [1.82, 2.24) is 5.32 Å². The number of halogens is 1. The van der Waals surface area contributed by atoms with Crippen molar-refractivity contribution in [3.8, 4) is 0 Å². The Hall–Kier alpha value is -0.960. The summed E-state index contributed by atoms with van der Waals surface area (Å²) < 4.78 is 0. The summed E-state index contributed by atoms with van der Waals surface area (Å²) >= 11 is 7.75. The SMILES string of the molecule is Clc1ccc(CSc2ccc(CNC3CC3)cc2)cc1. The van der Waals surface area contributed by atoms with Gasteiger partial charge in [-0.2, -0.15) is 0 Å². The molecule has 3 heteroatoms. The fourth-order valence-electron chi connectivity index (χ4n) is 2.00. The molecule has 0 spiro atoms. The minimum atomic E-state index is 0.772. The lowest BCUT2D eigenvalue weighted by atomic mass is 10.2. The summed E-state index contributed by atoms with van der Waals surface area (Å²) in [5, 5.41) is 4.33. The summed E-state index contributed by atoms with van der Waals surface area (Å²) in [4.78, 5) is 1.31. The molecule has 0 unspecified atom stereocenters. The third-order valence-corrected chi connectivity index (χ3v) is 4.75. The van der Waals surface area contributed by atoms with Gasteiger partial charge in [0.25, 0.3) is 0 Å². The third kappa shape index (κ3) is 4.27. The molecule has 1 fully saturated rings. The average molecular weight is 304 g/mol. The summed E-state index contributed by atoms with van der Waals surface area (Å²) in [5.41, 5.74) is 2.67. The summed E-state index contributed by atoms with van der Waals surface area (Å²) in [6.07, 6.45) is 2.68. The zero-order chi connectivity index (χ0) is 13.8. The molecule has 0 bridgehead atoms. The largest absolute Gasteiger partial charge is 0.310 e. The first kappa shape index (κ1) is 14.0. The van der Waals surface area contributed by atoms with Gasteiger partial charge in [-0.05, 0) is 48.2 Å². The molecule has 0 atom stereocenters. The highest BCUT2D eigenvalue weighted by Crippen LogP contribution is 2.24. The molecular weight excluding hydrogens is 286 g/mol. The van der Waals surface area contributed by atoms with Crippen molar-refractivity contribution in [2.45, 2.75) is 36.1 Å². The van der Waals surface area contributed by atoms with Crippen LogP contribution in [0.4, 0.5) is 0 Å². The van der Waals surface area contributed by atoms with E-state index in [1.807, 2.05) is 23.9 Å². The van der Waals surface area contributed by atoms with Crippen LogP contribution in [0.25, 0.3) is 0 Å². The topological polar surface area (TPSA) is 12.0 Å². The third-order valence-electron chi connectivity index (χ3n) is 3.41. The van der Waals surface area contributed by atoms with E-state index >= 15 is 0 Å². The molecule has 0 heterocycles. The molecule has 1 N–H and O–H groups in total. The molecular formula is C17H18ClNS. The molecule has 0 saturated heterocycles. The van der Waals surface area contributed by atoms with Crippen molar-refractivity contribution in [3.63, 3.8) is 0 Å². The normalized spacial score (nSPS) is 14.4. The van der Waals surface area contributed by atoms with Crippen LogP contribution >= 0.6 is 23.4 Å². The predicted molar refractivity (Wildman–Crippen MR) is 87.3 cm³/mol. The van der Waals surface area contributed by atoms with Gasteiger partial charge in [0.15, 0.2) is 0 Å². The highest BCUT2D eigenvalue weighted by Gasteiger charge is 2.19. The van der Waals surface area contributed by atoms with Crippen LogP contribution in [-0.4, -0.2) is 6.04 Å². The van der Waals surface area contributed by atoms with Gasteiger partial charge in [0, 0.05) is 28.3 Å². The van der Waals surface area contributed by atoms with Crippen LogP contribution in [0, 0.1) is 0 Å². The maximum absolute atomic E-state index is 5.89. The lowest BCUT2D eigenvalue weighted by Crippen LogP contribution is -2.14. The van der Waals surface area contributed by atoms with E-state index in [2.05, 4.69) is 41.7 Å². The summed E-state index contributed by atoms with van der Waals surface area (Å²) in [6.45, 7) is 0.993. The van der Waals surface area contributed by atoms with Crippen LogP contribution in [0.1, 0.15) is 24.0 Å². The molecule has 1 saturated carbocycles. The Bertz CT molecular complexity index is 546. The van der Waals surface area contributed by atoms with Gasteiger partial charge in [-0.25, -0.2) is 0 Å². The Morgan fingerprint density at radius 3 is 2.25 bits per heavy atom. The van der Waals surface area contributed by atoms with E-state index in [0.717, 1.165) is 23.4 Å². The van der Waals surface area contributed by atoms with Crippen LogP contribution in [0.15, 0.2) is 53.4 Å². The van der Waals surface area contributed by atoms with Crippen LogP contribution < -0.4 is 5.32 Å². The van der Waals surface area contributed by atoms with Gasteiger partial charge in [0.1, 0.15) is 0 Å². The lowest BCUT2D eigenvalue weighted by molar-refractivity contribution is 0.687. The second-order valence-corrected chi connectivity index (χ2v) is 6.70. The monoisotopic (exact) mass is 303 g/mol. The minimum Gasteiger partial charge on any atom is -0.310 e. The fourth-order valence-corrected chi connectivity index (χ4v) is 2.98. The van der Waals surface area contributed by atoms with Crippen molar-refractivity contribution in [2.75, 3.05) is 0 Å². The molecule has 20 heavy (non-hydrogen) atoms. The molecule has 3 rings (SSSR count). The Kier molecular flexibility index (Phi) is 4.66. The van der Waals surface area contributed by atoms with Crippen LogP contribution in [0.2, 0.25) is 5.02 Å². The van der Waals surface area contributed by atoms with Crippen LogP contribution in [-0.2, 0) is 12.3 Å². The Labute approximate surface area is 129 Å². The number of nitrogens with one attached hydrogen (secondary N) is 1. The minimum absolute atomic E-state index is 0.772. The molecule has 0 aromatic heterocycles. The number of thioether (sulfide) groups is 1. The standard InChI is InChI=1S/C17H18ClNS/c18-15-5-1-14(2-6-15)12-20-17-9-3-13(4-10-17)11-19-16-7-8-16/h1-6,9-10,16,19H,7-8,11-12H2. The van der Waals surface area contributed by atoms with E-state index in [1.54, 1.807) is 0 Å². The molecule has 1 aliphatic rings. The van der Waals surface area contributed by atoms with Crippen LogP contribution in [0.5, 0.6) is 0 Å². The first-order chi connectivity index (χ1) is 9.79. The van der Waals surface area contributed by atoms with Crippen molar-refractivity contribution < 1.29 is 0 Å². The molecule has 0 aliphatic heterocycles. The van der Waals surface area contributed by atoms with E-state index in [9.17, 15) is 0 Å². The Morgan fingerprint density at radius 1 is 0.950 bits per heavy atom. The Morgan fingerprint density at radius 2 is 1.60 bits per heavy atom. The van der Waals surface area contributed by atoms with E-state index in [1.165, 1.54) is 28.9 Å². The molecule has 0 radical (unpaired) electrons. The first-order valence-corrected chi connectivity index (χ1v) is 8.35. The highest BCUT2D eigenvalue weighted by atomic mass is 35.5. The van der Waals surface area contributed by atoms with Crippen molar-refractivity contribution in [2.24, 2.45) is 0 Å². The van der Waals surface area contributed by atoms with Gasteiger partial charge in [0.05, 0.1) is 0 Å². The maximum atomic E-state index is 5.89. The molecule has 2 aromatic rings. The number of benzene rings is 2. The number of hydrogen-bond donors (Lipinski definition) is 1. The van der Waals surface area contributed by atoms with E-state index in [0.29, 0.717) is 0 Å². The number of hydrogen-bond acceptors (Lipinski definition) is 2. The zero-order valence-electron chi connectivity index (χ0n) is 11.3. The van der Waals surface area contributed by atoms with Crippen LogP contribution in [0.3, 0.4) is 0 Å². The van der Waals surface area contributed by atoms with E-state index in [4.69, 9.17) is 11.6 Å². The quantitative estimate of drug-likeness (QED) is 0.763. The maximum Gasteiger partial charge on any atom is 0.0406 e. The Balaban J connectivity index is 1.50. The smallest absolute Gasteiger partial charge is 0.0406 e. The van der Waals surface area contributed by atoms with Crippen molar-refractivity contribution in [1.29, 1.82) is 0 Å². The molecule has 104 valence electrons. The van der Waals surface area contributed by atoms with Gasteiger partial charge in [-0.3, -0.25) is 0 Å². The first-order valence-electron chi connectivity index (χ1n) is 6.99. The van der Waals surface area contributed by atoms with Gasteiger partial charge < -0.3 is 5.32 Å². The summed E-state index contributed by atoms with van der Waals surface area (Å²) in [7, 11) is 0. The van der Waals surface area contributed by atoms with Crippen molar-refractivity contribution in [3.05, 3.63) is 64.7 Å². The second kappa shape index (κ2) is 6.66. The highest BCUT2D eigenvalue weighted by molar-refractivity contribution is 7.98. The molecule has 1 aliphatic carbocycles. The van der Waals surface area contributed by atoms with Gasteiger partial charge >= 0.3 is 0 Å². The summed E-state index contributed by atoms with van der Waals surface area (Å²) in [6, 6.07) is 17.7. The van der Waals surface area contributed by atoms with Gasteiger partial charge in [0.2, 0.25) is 0 Å².